The standard InChI is InChI=1S/C11H21NO3/c1-3-15-11(14)4-5-12(2)8-9-6-10(13)7-9/h9-10,13H,3-8H2,1-2H3. The quantitative estimate of drug-likeness (QED) is 0.661. The molecule has 1 aliphatic carbocycles. The van der Waals surface area contributed by atoms with Crippen LogP contribution in [0.3, 0.4) is 0 Å². The molecule has 0 atom stereocenters. The van der Waals surface area contributed by atoms with Gasteiger partial charge in [-0.2, -0.15) is 0 Å². The predicted octanol–water partition coefficient (Wildman–Crippen LogP) is 0.642. The lowest BCUT2D eigenvalue weighted by atomic mass is 9.82. The summed E-state index contributed by atoms with van der Waals surface area (Å²) in [5.41, 5.74) is 0. The highest BCUT2D eigenvalue weighted by atomic mass is 16.5. The van der Waals surface area contributed by atoms with Gasteiger partial charge in [0, 0.05) is 13.1 Å². The van der Waals surface area contributed by atoms with Gasteiger partial charge < -0.3 is 14.7 Å². The first kappa shape index (κ1) is 12.5. The van der Waals surface area contributed by atoms with Crippen molar-refractivity contribution in [1.29, 1.82) is 0 Å². The lowest BCUT2D eigenvalue weighted by Crippen LogP contribution is -2.37. The molecule has 0 heterocycles. The Morgan fingerprint density at radius 1 is 1.53 bits per heavy atom. The van der Waals surface area contributed by atoms with Gasteiger partial charge in [-0.05, 0) is 32.7 Å². The lowest BCUT2D eigenvalue weighted by molar-refractivity contribution is -0.143. The van der Waals surface area contributed by atoms with Crippen molar-refractivity contribution in [2.24, 2.45) is 5.92 Å². The lowest BCUT2D eigenvalue weighted by Gasteiger charge is -2.34. The monoisotopic (exact) mass is 215 g/mol. The van der Waals surface area contributed by atoms with Crippen molar-refractivity contribution in [2.75, 3.05) is 26.7 Å². The molecular formula is C11H21NO3. The van der Waals surface area contributed by atoms with E-state index in [0.717, 1.165) is 25.9 Å². The van der Waals surface area contributed by atoms with E-state index in [1.54, 1.807) is 0 Å². The molecule has 0 aromatic heterocycles. The molecule has 88 valence electrons. The van der Waals surface area contributed by atoms with Crippen LogP contribution in [0.25, 0.3) is 0 Å². The summed E-state index contributed by atoms with van der Waals surface area (Å²) in [6.07, 6.45) is 2.18. The van der Waals surface area contributed by atoms with Crippen LogP contribution in [0.15, 0.2) is 0 Å². The molecule has 0 amide bonds. The average Bonchev–Trinajstić information content (AvgIpc) is 2.13. The zero-order chi connectivity index (χ0) is 11.3. The molecule has 0 radical (unpaired) electrons. The smallest absolute Gasteiger partial charge is 0.307 e. The third kappa shape index (κ3) is 4.62. The minimum atomic E-state index is -0.127. The molecule has 0 aliphatic heterocycles. The first-order valence-electron chi connectivity index (χ1n) is 5.64. The van der Waals surface area contributed by atoms with Crippen molar-refractivity contribution in [2.45, 2.75) is 32.3 Å². The fourth-order valence-corrected chi connectivity index (χ4v) is 1.90. The molecule has 1 fully saturated rings. The van der Waals surface area contributed by atoms with Gasteiger partial charge in [-0.15, -0.1) is 0 Å². The van der Waals surface area contributed by atoms with Crippen LogP contribution in [0.4, 0.5) is 0 Å². The SMILES string of the molecule is CCOC(=O)CCN(C)CC1CC(O)C1. The van der Waals surface area contributed by atoms with Crippen LogP contribution in [0.1, 0.15) is 26.2 Å². The van der Waals surface area contributed by atoms with Crippen molar-refractivity contribution >= 4 is 5.97 Å². The Morgan fingerprint density at radius 3 is 2.73 bits per heavy atom. The van der Waals surface area contributed by atoms with E-state index in [1.807, 2.05) is 14.0 Å². The number of carbonyl (C=O) groups excluding carboxylic acids is 1. The number of carbonyl (C=O) groups is 1. The van der Waals surface area contributed by atoms with Gasteiger partial charge >= 0.3 is 5.97 Å². The van der Waals surface area contributed by atoms with E-state index in [2.05, 4.69) is 4.90 Å². The second-order valence-corrected chi connectivity index (χ2v) is 4.31. The maximum atomic E-state index is 11.1. The molecule has 4 heteroatoms. The molecule has 1 saturated carbocycles. The highest BCUT2D eigenvalue weighted by Gasteiger charge is 2.27. The van der Waals surface area contributed by atoms with Crippen LogP contribution in [0.2, 0.25) is 0 Å². The number of aliphatic hydroxyl groups excluding tert-OH is 1. The zero-order valence-corrected chi connectivity index (χ0v) is 9.61. The number of esters is 1. The first-order valence-corrected chi connectivity index (χ1v) is 5.64. The molecule has 15 heavy (non-hydrogen) atoms. The highest BCUT2D eigenvalue weighted by molar-refractivity contribution is 5.69. The third-order valence-electron chi connectivity index (χ3n) is 2.78. The summed E-state index contributed by atoms with van der Waals surface area (Å²) < 4.78 is 4.85. The van der Waals surface area contributed by atoms with E-state index in [9.17, 15) is 4.79 Å². The van der Waals surface area contributed by atoms with Gasteiger partial charge in [0.2, 0.25) is 0 Å². The van der Waals surface area contributed by atoms with Gasteiger partial charge in [0.1, 0.15) is 0 Å². The highest BCUT2D eigenvalue weighted by Crippen LogP contribution is 2.27. The minimum Gasteiger partial charge on any atom is -0.466 e. The van der Waals surface area contributed by atoms with E-state index < -0.39 is 0 Å². The van der Waals surface area contributed by atoms with Crippen LogP contribution < -0.4 is 0 Å². The number of rotatable bonds is 6. The summed E-state index contributed by atoms with van der Waals surface area (Å²) in [7, 11) is 2.00. The average molecular weight is 215 g/mol. The van der Waals surface area contributed by atoms with Gasteiger partial charge in [-0.3, -0.25) is 4.79 Å². The van der Waals surface area contributed by atoms with Gasteiger partial charge in [-0.1, -0.05) is 0 Å². The van der Waals surface area contributed by atoms with Crippen molar-refractivity contribution in [3.63, 3.8) is 0 Å². The molecule has 1 N–H and O–H groups in total. The minimum absolute atomic E-state index is 0.0894. The Kier molecular flexibility index (Phi) is 5.05. The van der Waals surface area contributed by atoms with E-state index in [4.69, 9.17) is 9.84 Å². The normalized spacial score (nSPS) is 25.1. The second kappa shape index (κ2) is 6.08. The molecule has 4 nitrogen and oxygen atoms in total. The molecule has 0 aromatic rings. The van der Waals surface area contributed by atoms with Crippen molar-refractivity contribution < 1.29 is 14.6 Å². The first-order chi connectivity index (χ1) is 7.11. The van der Waals surface area contributed by atoms with Crippen LogP contribution in [0.5, 0.6) is 0 Å². The Balaban J connectivity index is 2.03. The van der Waals surface area contributed by atoms with Crippen LogP contribution >= 0.6 is 0 Å². The molecular weight excluding hydrogens is 194 g/mol. The van der Waals surface area contributed by atoms with Gasteiger partial charge in [0.05, 0.1) is 19.1 Å². The van der Waals surface area contributed by atoms with E-state index >= 15 is 0 Å². The van der Waals surface area contributed by atoms with Crippen molar-refractivity contribution in [3.05, 3.63) is 0 Å². The predicted molar refractivity (Wildman–Crippen MR) is 57.5 cm³/mol. The van der Waals surface area contributed by atoms with Gasteiger partial charge in [0.15, 0.2) is 0 Å². The summed E-state index contributed by atoms with van der Waals surface area (Å²) in [5, 5.41) is 9.13. The topological polar surface area (TPSA) is 49.8 Å². The number of aliphatic hydroxyl groups is 1. The van der Waals surface area contributed by atoms with Crippen LogP contribution in [-0.4, -0.2) is 48.8 Å². The number of hydrogen-bond acceptors (Lipinski definition) is 4. The Labute approximate surface area is 91.2 Å². The Morgan fingerprint density at radius 2 is 2.20 bits per heavy atom. The number of hydrogen-bond donors (Lipinski definition) is 1. The van der Waals surface area contributed by atoms with Crippen molar-refractivity contribution in [1.82, 2.24) is 4.90 Å². The van der Waals surface area contributed by atoms with Gasteiger partial charge in [0.25, 0.3) is 0 Å². The molecule has 0 saturated heterocycles. The Hall–Kier alpha value is -0.610. The summed E-state index contributed by atoms with van der Waals surface area (Å²) in [6.45, 7) is 3.98. The molecule has 0 unspecified atom stereocenters. The summed E-state index contributed by atoms with van der Waals surface area (Å²) >= 11 is 0. The molecule has 0 aromatic carbocycles. The summed E-state index contributed by atoms with van der Waals surface area (Å²) in [5.74, 6) is 0.477. The van der Waals surface area contributed by atoms with Crippen LogP contribution in [0, 0.1) is 5.92 Å². The van der Waals surface area contributed by atoms with E-state index in [1.165, 1.54) is 0 Å². The molecule has 1 aliphatic rings. The number of nitrogens with zero attached hydrogens (tertiary/aromatic N) is 1. The maximum absolute atomic E-state index is 11.1. The molecule has 1 rings (SSSR count). The van der Waals surface area contributed by atoms with Crippen molar-refractivity contribution in [3.8, 4) is 0 Å². The van der Waals surface area contributed by atoms with Gasteiger partial charge in [-0.25, -0.2) is 0 Å². The molecule has 0 bridgehead atoms. The van der Waals surface area contributed by atoms with E-state index in [0.29, 0.717) is 18.9 Å². The number of ether oxygens (including phenoxy) is 1. The zero-order valence-electron chi connectivity index (χ0n) is 9.61. The fraction of sp³-hybridized carbons (Fsp3) is 0.909. The summed E-state index contributed by atoms with van der Waals surface area (Å²) in [4.78, 5) is 13.2. The summed E-state index contributed by atoms with van der Waals surface area (Å²) in [6, 6.07) is 0. The third-order valence-corrected chi connectivity index (χ3v) is 2.78. The maximum Gasteiger partial charge on any atom is 0.307 e. The van der Waals surface area contributed by atoms with Crippen LogP contribution in [-0.2, 0) is 9.53 Å². The second-order valence-electron chi connectivity index (χ2n) is 4.31. The largest absolute Gasteiger partial charge is 0.466 e. The van der Waals surface area contributed by atoms with E-state index in [-0.39, 0.29) is 12.1 Å². The fourth-order valence-electron chi connectivity index (χ4n) is 1.90. The Bertz CT molecular complexity index is 202. The molecule has 0 spiro atoms.